The van der Waals surface area contributed by atoms with Crippen LogP contribution in [0.25, 0.3) is 10.8 Å². The monoisotopic (exact) mass is 410 g/mol. The van der Waals surface area contributed by atoms with Gasteiger partial charge in [-0.25, -0.2) is 15.0 Å². The number of nitrogens with zero attached hydrogens (tertiary/aromatic N) is 4. The Hall–Kier alpha value is -3.00. The molecule has 1 atom stereocenters. The highest BCUT2D eigenvalue weighted by molar-refractivity contribution is 7.17. The summed E-state index contributed by atoms with van der Waals surface area (Å²) in [5.74, 6) is 2.02. The zero-order chi connectivity index (χ0) is 20.4. The van der Waals surface area contributed by atoms with Crippen molar-refractivity contribution in [2.45, 2.75) is 25.8 Å². The van der Waals surface area contributed by atoms with Gasteiger partial charge >= 0.3 is 0 Å². The minimum atomic E-state index is -0.0644. The zero-order valence-corrected chi connectivity index (χ0v) is 17.4. The zero-order valence-electron chi connectivity index (χ0n) is 16.6. The van der Waals surface area contributed by atoms with E-state index in [2.05, 4.69) is 15.0 Å². The molecule has 0 radical (unpaired) electrons. The first-order chi connectivity index (χ1) is 14.1. The number of amides is 1. The summed E-state index contributed by atoms with van der Waals surface area (Å²) in [7, 11) is 3.28. The average molecular weight is 410 g/mol. The van der Waals surface area contributed by atoms with Crippen LogP contribution >= 0.6 is 11.3 Å². The minimum absolute atomic E-state index is 0.0189. The fraction of sp³-hybridized carbons (Fsp3) is 0.333. The summed E-state index contributed by atoms with van der Waals surface area (Å²) in [6.07, 6.45) is 5.16. The molecule has 3 heterocycles. The van der Waals surface area contributed by atoms with Crippen molar-refractivity contribution < 1.29 is 14.3 Å². The van der Waals surface area contributed by atoms with Crippen LogP contribution in [0.2, 0.25) is 0 Å². The number of ether oxygens (including phenoxy) is 2. The van der Waals surface area contributed by atoms with Crippen molar-refractivity contribution in [3.63, 3.8) is 0 Å². The van der Waals surface area contributed by atoms with Gasteiger partial charge in [0.25, 0.3) is 5.91 Å². The molecule has 1 aromatic carbocycles. The first-order valence-corrected chi connectivity index (χ1v) is 10.2. The van der Waals surface area contributed by atoms with Gasteiger partial charge in [0.2, 0.25) is 0 Å². The van der Waals surface area contributed by atoms with E-state index in [1.165, 1.54) is 11.3 Å². The first-order valence-electron chi connectivity index (χ1n) is 9.40. The molecule has 29 heavy (non-hydrogen) atoms. The Bertz CT molecular complexity index is 1020. The summed E-state index contributed by atoms with van der Waals surface area (Å²) < 4.78 is 10.9. The SMILES string of the molecule is COc1ccc(OC)c([C@@H]2CCCN2C(=O)c2sc(-c3ncccn3)nc2C)c1. The molecule has 7 nitrogen and oxygen atoms in total. The molecule has 0 N–H and O–H groups in total. The molecule has 1 aliphatic heterocycles. The van der Waals surface area contributed by atoms with Crippen molar-refractivity contribution in [1.29, 1.82) is 0 Å². The number of carbonyl (C=O) groups is 1. The van der Waals surface area contributed by atoms with Crippen LogP contribution in [0.4, 0.5) is 0 Å². The van der Waals surface area contributed by atoms with Crippen molar-refractivity contribution >= 4 is 17.2 Å². The Morgan fingerprint density at radius 2 is 2.00 bits per heavy atom. The Kier molecular flexibility index (Phi) is 5.44. The van der Waals surface area contributed by atoms with E-state index in [0.29, 0.717) is 27.9 Å². The number of benzene rings is 1. The number of likely N-dealkylation sites (tertiary alicyclic amines) is 1. The Morgan fingerprint density at radius 3 is 2.72 bits per heavy atom. The quantitative estimate of drug-likeness (QED) is 0.635. The van der Waals surface area contributed by atoms with Crippen LogP contribution in [-0.2, 0) is 0 Å². The van der Waals surface area contributed by atoms with Crippen LogP contribution in [0.3, 0.4) is 0 Å². The van der Waals surface area contributed by atoms with Crippen molar-refractivity contribution in [3.8, 4) is 22.3 Å². The second kappa shape index (κ2) is 8.16. The molecule has 150 valence electrons. The third-order valence-electron chi connectivity index (χ3n) is 5.06. The standard InChI is InChI=1S/C21H22N4O3S/c1-13-18(29-20(24-13)19-22-9-5-10-23-19)21(26)25-11-4-6-16(25)15-12-14(27-2)7-8-17(15)28-3/h5,7-10,12,16H,4,6,11H2,1-3H3/t16-/m0/s1. The van der Waals surface area contributed by atoms with Gasteiger partial charge in [-0.3, -0.25) is 4.79 Å². The lowest BCUT2D eigenvalue weighted by Gasteiger charge is -2.26. The van der Waals surface area contributed by atoms with Crippen LogP contribution < -0.4 is 9.47 Å². The van der Waals surface area contributed by atoms with Gasteiger partial charge in [-0.15, -0.1) is 11.3 Å². The third-order valence-corrected chi connectivity index (χ3v) is 6.20. The van der Waals surface area contributed by atoms with Crippen molar-refractivity contribution in [2.75, 3.05) is 20.8 Å². The van der Waals surface area contributed by atoms with Crippen LogP contribution in [0.15, 0.2) is 36.7 Å². The lowest BCUT2D eigenvalue weighted by atomic mass is 10.0. The summed E-state index contributed by atoms with van der Waals surface area (Å²) in [5.41, 5.74) is 1.66. The number of thiazole rings is 1. The van der Waals surface area contributed by atoms with Crippen LogP contribution in [0.5, 0.6) is 11.5 Å². The van der Waals surface area contributed by atoms with E-state index in [0.717, 1.165) is 29.9 Å². The van der Waals surface area contributed by atoms with Gasteiger partial charge in [-0.1, -0.05) is 0 Å². The molecule has 0 spiro atoms. The highest BCUT2D eigenvalue weighted by Gasteiger charge is 2.34. The van der Waals surface area contributed by atoms with Gasteiger partial charge in [-0.2, -0.15) is 0 Å². The van der Waals surface area contributed by atoms with E-state index in [1.54, 1.807) is 32.7 Å². The van der Waals surface area contributed by atoms with Gasteiger partial charge in [0, 0.05) is 24.5 Å². The fourth-order valence-corrected chi connectivity index (χ4v) is 4.63. The summed E-state index contributed by atoms with van der Waals surface area (Å²) in [5, 5.41) is 0.654. The second-order valence-electron chi connectivity index (χ2n) is 6.77. The number of hydrogen-bond acceptors (Lipinski definition) is 7. The van der Waals surface area contributed by atoms with Crippen molar-refractivity contribution in [2.24, 2.45) is 0 Å². The number of carbonyl (C=O) groups excluding carboxylic acids is 1. The Morgan fingerprint density at radius 1 is 1.21 bits per heavy atom. The van der Waals surface area contributed by atoms with Gasteiger partial charge in [0.15, 0.2) is 10.8 Å². The maximum atomic E-state index is 13.4. The fourth-order valence-electron chi connectivity index (χ4n) is 3.66. The normalized spacial score (nSPS) is 16.1. The van der Waals surface area contributed by atoms with Gasteiger partial charge in [0.05, 0.1) is 26.0 Å². The highest BCUT2D eigenvalue weighted by atomic mass is 32.1. The number of methoxy groups -OCH3 is 2. The van der Waals surface area contributed by atoms with E-state index >= 15 is 0 Å². The van der Waals surface area contributed by atoms with Crippen LogP contribution in [0.1, 0.15) is 39.8 Å². The molecule has 8 heteroatoms. The molecule has 1 fully saturated rings. The predicted molar refractivity (Wildman–Crippen MR) is 110 cm³/mol. The molecule has 0 unspecified atom stereocenters. The van der Waals surface area contributed by atoms with E-state index in [4.69, 9.17) is 9.47 Å². The molecular weight excluding hydrogens is 388 g/mol. The lowest BCUT2D eigenvalue weighted by molar-refractivity contribution is 0.0738. The van der Waals surface area contributed by atoms with Crippen LogP contribution in [-0.4, -0.2) is 46.5 Å². The summed E-state index contributed by atoms with van der Waals surface area (Å²) in [6, 6.07) is 7.40. The van der Waals surface area contributed by atoms with Gasteiger partial charge in [-0.05, 0) is 44.0 Å². The maximum Gasteiger partial charge on any atom is 0.266 e. The van der Waals surface area contributed by atoms with E-state index in [-0.39, 0.29) is 11.9 Å². The molecular formula is C21H22N4O3S. The minimum Gasteiger partial charge on any atom is -0.497 e. The van der Waals surface area contributed by atoms with E-state index in [9.17, 15) is 4.79 Å². The first kappa shape index (κ1) is 19.3. The Labute approximate surface area is 173 Å². The van der Waals surface area contributed by atoms with Crippen molar-refractivity contribution in [1.82, 2.24) is 19.9 Å². The average Bonchev–Trinajstić information content (AvgIpc) is 3.40. The molecule has 1 aliphatic rings. The lowest BCUT2D eigenvalue weighted by Crippen LogP contribution is -2.30. The molecule has 1 amide bonds. The predicted octanol–water partition coefficient (Wildman–Crippen LogP) is 3.90. The molecule has 0 saturated carbocycles. The molecule has 0 bridgehead atoms. The third kappa shape index (κ3) is 3.67. The van der Waals surface area contributed by atoms with E-state index in [1.807, 2.05) is 30.0 Å². The number of aromatic nitrogens is 3. The summed E-state index contributed by atoms with van der Waals surface area (Å²) in [6.45, 7) is 2.55. The summed E-state index contributed by atoms with van der Waals surface area (Å²) >= 11 is 1.34. The topological polar surface area (TPSA) is 77.4 Å². The molecule has 0 aliphatic carbocycles. The number of hydrogen-bond donors (Lipinski definition) is 0. The largest absolute Gasteiger partial charge is 0.497 e. The van der Waals surface area contributed by atoms with Crippen LogP contribution in [0, 0.1) is 6.92 Å². The molecule has 3 aromatic rings. The van der Waals surface area contributed by atoms with Gasteiger partial charge < -0.3 is 14.4 Å². The Balaban J connectivity index is 1.67. The maximum absolute atomic E-state index is 13.4. The van der Waals surface area contributed by atoms with Crippen molar-refractivity contribution in [3.05, 3.63) is 52.8 Å². The second-order valence-corrected chi connectivity index (χ2v) is 7.77. The van der Waals surface area contributed by atoms with Gasteiger partial charge in [0.1, 0.15) is 16.4 Å². The molecule has 4 rings (SSSR count). The highest BCUT2D eigenvalue weighted by Crippen LogP contribution is 2.40. The number of aryl methyl sites for hydroxylation is 1. The smallest absolute Gasteiger partial charge is 0.266 e. The molecule has 1 saturated heterocycles. The molecule has 2 aromatic heterocycles. The number of rotatable bonds is 5. The van der Waals surface area contributed by atoms with E-state index < -0.39 is 0 Å². The summed E-state index contributed by atoms with van der Waals surface area (Å²) in [4.78, 5) is 29.0.